The summed E-state index contributed by atoms with van der Waals surface area (Å²) in [6, 6.07) is 0.185. The van der Waals surface area contributed by atoms with Gasteiger partial charge in [-0.2, -0.15) is 0 Å². The van der Waals surface area contributed by atoms with Crippen LogP contribution in [0, 0.1) is 5.92 Å². The second-order valence-electron chi connectivity index (χ2n) is 5.83. The molecule has 1 heterocycles. The van der Waals surface area contributed by atoms with Crippen LogP contribution in [0.2, 0.25) is 0 Å². The number of hydrogen-bond acceptors (Lipinski definition) is 3. The summed E-state index contributed by atoms with van der Waals surface area (Å²) in [6.07, 6.45) is 5.53. The van der Waals surface area contributed by atoms with Gasteiger partial charge in [0.2, 0.25) is 0 Å². The lowest BCUT2D eigenvalue weighted by molar-refractivity contribution is -0.146. The highest BCUT2D eigenvalue weighted by atomic mass is 16.2. The summed E-state index contributed by atoms with van der Waals surface area (Å²) in [5, 5.41) is 6.10. The van der Waals surface area contributed by atoms with E-state index >= 15 is 0 Å². The van der Waals surface area contributed by atoms with E-state index < -0.39 is 5.91 Å². The molecule has 2 N–H and O–H groups in total. The van der Waals surface area contributed by atoms with Crippen LogP contribution in [0.15, 0.2) is 0 Å². The average molecular weight is 267 g/mol. The van der Waals surface area contributed by atoms with E-state index in [1.54, 1.807) is 4.90 Å². The van der Waals surface area contributed by atoms with E-state index in [0.717, 1.165) is 44.7 Å². The molecule has 2 unspecified atom stereocenters. The lowest BCUT2D eigenvalue weighted by Gasteiger charge is -2.27. The fraction of sp³-hybridized carbons (Fsp3) is 0.857. The first-order valence-electron chi connectivity index (χ1n) is 7.47. The number of carbonyl (C=O) groups excluding carboxylic acids is 2. The van der Waals surface area contributed by atoms with Gasteiger partial charge >= 0.3 is 11.8 Å². The monoisotopic (exact) mass is 267 g/mol. The van der Waals surface area contributed by atoms with Gasteiger partial charge in [-0.1, -0.05) is 19.8 Å². The summed E-state index contributed by atoms with van der Waals surface area (Å²) in [5.74, 6) is -0.0361. The standard InChI is InChI=1S/C14H25N3O2/c1-11-3-2-4-12(6-5-11)16-13(18)14(19)17-9-7-15-8-10-17/h11-12,15H,2-10H2,1H3,(H,16,18). The summed E-state index contributed by atoms with van der Waals surface area (Å²) in [6.45, 7) is 5.08. The Kier molecular flexibility index (Phi) is 5.19. The fourth-order valence-electron chi connectivity index (χ4n) is 2.89. The summed E-state index contributed by atoms with van der Waals surface area (Å²) < 4.78 is 0. The summed E-state index contributed by atoms with van der Waals surface area (Å²) in [4.78, 5) is 25.6. The number of nitrogens with one attached hydrogen (secondary N) is 2. The molecule has 1 saturated heterocycles. The molecule has 2 aliphatic rings. The van der Waals surface area contributed by atoms with Gasteiger partial charge in [0.25, 0.3) is 0 Å². The van der Waals surface area contributed by atoms with Crippen molar-refractivity contribution in [1.82, 2.24) is 15.5 Å². The molecule has 1 aliphatic heterocycles. The van der Waals surface area contributed by atoms with Crippen molar-refractivity contribution >= 4 is 11.8 Å². The molecule has 1 saturated carbocycles. The quantitative estimate of drug-likeness (QED) is 0.537. The molecule has 108 valence electrons. The molecule has 19 heavy (non-hydrogen) atoms. The van der Waals surface area contributed by atoms with Gasteiger partial charge in [-0.25, -0.2) is 0 Å². The molecule has 5 nitrogen and oxygen atoms in total. The molecule has 1 aliphatic carbocycles. The predicted molar refractivity (Wildman–Crippen MR) is 73.6 cm³/mol. The topological polar surface area (TPSA) is 61.4 Å². The highest BCUT2D eigenvalue weighted by molar-refractivity contribution is 6.35. The van der Waals surface area contributed by atoms with Gasteiger partial charge in [-0.05, 0) is 25.2 Å². The highest BCUT2D eigenvalue weighted by Gasteiger charge is 2.26. The lowest BCUT2D eigenvalue weighted by Crippen LogP contribution is -2.52. The summed E-state index contributed by atoms with van der Waals surface area (Å²) in [7, 11) is 0. The third kappa shape index (κ3) is 4.20. The maximum atomic E-state index is 12.0. The molecule has 0 spiro atoms. The Balaban J connectivity index is 1.80. The highest BCUT2D eigenvalue weighted by Crippen LogP contribution is 2.22. The van der Waals surface area contributed by atoms with Crippen LogP contribution in [-0.4, -0.2) is 48.9 Å². The maximum Gasteiger partial charge on any atom is 0.311 e. The van der Waals surface area contributed by atoms with Crippen LogP contribution in [-0.2, 0) is 9.59 Å². The summed E-state index contributed by atoms with van der Waals surface area (Å²) >= 11 is 0. The third-order valence-corrected chi connectivity index (χ3v) is 4.19. The minimum Gasteiger partial charge on any atom is -0.345 e. The second kappa shape index (κ2) is 6.89. The minimum atomic E-state index is -0.415. The van der Waals surface area contributed by atoms with Crippen LogP contribution < -0.4 is 10.6 Å². The van der Waals surface area contributed by atoms with Gasteiger partial charge in [0.1, 0.15) is 0 Å². The molecule has 0 radical (unpaired) electrons. The first-order valence-corrected chi connectivity index (χ1v) is 7.47. The predicted octanol–water partition coefficient (Wildman–Crippen LogP) is 0.503. The largest absolute Gasteiger partial charge is 0.345 e. The van der Waals surface area contributed by atoms with Crippen molar-refractivity contribution in [2.24, 2.45) is 5.92 Å². The van der Waals surface area contributed by atoms with Gasteiger partial charge in [-0.3, -0.25) is 9.59 Å². The van der Waals surface area contributed by atoms with Crippen molar-refractivity contribution in [1.29, 1.82) is 0 Å². The van der Waals surface area contributed by atoms with Crippen molar-refractivity contribution in [3.8, 4) is 0 Å². The van der Waals surface area contributed by atoms with E-state index in [0.29, 0.717) is 13.1 Å². The minimum absolute atomic E-state index is 0.185. The average Bonchev–Trinajstić information content (AvgIpc) is 2.64. The van der Waals surface area contributed by atoms with Crippen molar-refractivity contribution in [3.63, 3.8) is 0 Å². The second-order valence-corrected chi connectivity index (χ2v) is 5.83. The first kappa shape index (κ1) is 14.3. The van der Waals surface area contributed by atoms with Gasteiger partial charge in [-0.15, -0.1) is 0 Å². The Labute approximate surface area is 115 Å². The first-order chi connectivity index (χ1) is 9.16. The number of hydrogen-bond donors (Lipinski definition) is 2. The number of piperazine rings is 1. The van der Waals surface area contributed by atoms with Gasteiger partial charge in [0, 0.05) is 32.2 Å². The normalized spacial score (nSPS) is 28.6. The zero-order valence-corrected chi connectivity index (χ0v) is 11.8. The Morgan fingerprint density at radius 1 is 1.11 bits per heavy atom. The Morgan fingerprint density at radius 3 is 2.58 bits per heavy atom. The Bertz CT molecular complexity index is 327. The molecule has 2 rings (SSSR count). The van der Waals surface area contributed by atoms with Crippen molar-refractivity contribution in [2.75, 3.05) is 26.2 Å². The summed E-state index contributed by atoms with van der Waals surface area (Å²) in [5.41, 5.74) is 0. The van der Waals surface area contributed by atoms with E-state index in [9.17, 15) is 9.59 Å². The molecule has 0 aromatic carbocycles. The third-order valence-electron chi connectivity index (χ3n) is 4.19. The molecular formula is C14H25N3O2. The van der Waals surface area contributed by atoms with E-state index in [1.165, 1.54) is 6.42 Å². The van der Waals surface area contributed by atoms with E-state index in [-0.39, 0.29) is 11.9 Å². The molecule has 0 aromatic rings. The van der Waals surface area contributed by atoms with Gasteiger partial charge in [0.15, 0.2) is 0 Å². The van der Waals surface area contributed by atoms with Crippen molar-refractivity contribution in [3.05, 3.63) is 0 Å². The van der Waals surface area contributed by atoms with Crippen LogP contribution >= 0.6 is 0 Å². The van der Waals surface area contributed by atoms with Crippen LogP contribution in [0.25, 0.3) is 0 Å². The number of nitrogens with zero attached hydrogens (tertiary/aromatic N) is 1. The zero-order valence-electron chi connectivity index (χ0n) is 11.8. The van der Waals surface area contributed by atoms with E-state index in [2.05, 4.69) is 17.6 Å². The lowest BCUT2D eigenvalue weighted by atomic mass is 10.0. The van der Waals surface area contributed by atoms with Crippen molar-refractivity contribution < 1.29 is 9.59 Å². The molecular weight excluding hydrogens is 242 g/mol. The van der Waals surface area contributed by atoms with Crippen LogP contribution in [0.4, 0.5) is 0 Å². The Morgan fingerprint density at radius 2 is 1.84 bits per heavy atom. The molecule has 2 amide bonds. The van der Waals surface area contributed by atoms with Gasteiger partial charge in [0.05, 0.1) is 0 Å². The number of amides is 2. The zero-order chi connectivity index (χ0) is 13.7. The number of carbonyl (C=O) groups is 2. The van der Waals surface area contributed by atoms with E-state index in [1.807, 2.05) is 0 Å². The SMILES string of the molecule is CC1CCCC(NC(=O)C(=O)N2CCNCC2)CC1. The van der Waals surface area contributed by atoms with E-state index in [4.69, 9.17) is 0 Å². The van der Waals surface area contributed by atoms with Crippen LogP contribution in [0.5, 0.6) is 0 Å². The molecule has 5 heteroatoms. The maximum absolute atomic E-state index is 12.0. The fourth-order valence-corrected chi connectivity index (χ4v) is 2.89. The molecule has 0 bridgehead atoms. The molecule has 2 atom stereocenters. The Hall–Kier alpha value is -1.10. The smallest absolute Gasteiger partial charge is 0.311 e. The molecule has 2 fully saturated rings. The van der Waals surface area contributed by atoms with Crippen LogP contribution in [0.1, 0.15) is 39.0 Å². The van der Waals surface area contributed by atoms with Gasteiger partial charge < -0.3 is 15.5 Å². The molecule has 0 aromatic heterocycles. The van der Waals surface area contributed by atoms with Crippen LogP contribution in [0.3, 0.4) is 0 Å². The number of rotatable bonds is 1. The van der Waals surface area contributed by atoms with Crippen molar-refractivity contribution in [2.45, 2.75) is 45.1 Å².